The Morgan fingerprint density at radius 2 is 2.13 bits per heavy atom. The largest absolute Gasteiger partial charge is 0.352 e. The molecule has 2 atom stereocenters. The molecule has 2 heterocycles. The van der Waals surface area contributed by atoms with E-state index in [2.05, 4.69) is 24.1 Å². The third kappa shape index (κ3) is 2.85. The van der Waals surface area contributed by atoms with Crippen molar-refractivity contribution in [3.8, 4) is 0 Å². The van der Waals surface area contributed by atoms with Crippen LogP contribution in [0.2, 0.25) is 0 Å². The first-order chi connectivity index (χ1) is 6.66. The van der Waals surface area contributed by atoms with Gasteiger partial charge < -0.3 is 5.32 Å². The maximum Gasteiger partial charge on any atom is 0.220 e. The maximum atomic E-state index is 11.4. The third-order valence-corrected chi connectivity index (χ3v) is 3.52. The SMILES string of the molecule is CC(C)N1CC2CCCC(=O)NC2C1.Cl. The summed E-state index contributed by atoms with van der Waals surface area (Å²) >= 11 is 0. The van der Waals surface area contributed by atoms with Gasteiger partial charge in [-0.1, -0.05) is 0 Å². The fourth-order valence-corrected chi connectivity index (χ4v) is 2.59. The standard InChI is InChI=1S/C11H20N2O.ClH/c1-8(2)13-6-9-4-3-5-11(14)12-10(9)7-13;/h8-10H,3-7H2,1-2H3,(H,12,14);1H. The first-order valence-corrected chi connectivity index (χ1v) is 5.70. The minimum atomic E-state index is 0. The number of nitrogens with zero attached hydrogens (tertiary/aromatic N) is 1. The van der Waals surface area contributed by atoms with Gasteiger partial charge in [0, 0.05) is 31.6 Å². The molecule has 0 aliphatic carbocycles. The summed E-state index contributed by atoms with van der Waals surface area (Å²) < 4.78 is 0. The molecule has 0 saturated carbocycles. The van der Waals surface area contributed by atoms with E-state index in [1.165, 1.54) is 13.0 Å². The second-order valence-electron chi connectivity index (χ2n) is 4.87. The third-order valence-electron chi connectivity index (χ3n) is 3.52. The van der Waals surface area contributed by atoms with E-state index in [-0.39, 0.29) is 18.3 Å². The molecule has 3 nitrogen and oxygen atoms in total. The molecule has 0 spiro atoms. The van der Waals surface area contributed by atoms with Gasteiger partial charge in [-0.15, -0.1) is 12.4 Å². The molecule has 88 valence electrons. The van der Waals surface area contributed by atoms with Crippen LogP contribution in [0.4, 0.5) is 0 Å². The number of fused-ring (bicyclic) bond motifs is 1. The van der Waals surface area contributed by atoms with Crippen LogP contribution < -0.4 is 5.32 Å². The van der Waals surface area contributed by atoms with E-state index < -0.39 is 0 Å². The molecule has 0 aromatic heterocycles. The van der Waals surface area contributed by atoms with Gasteiger partial charge in [0.15, 0.2) is 0 Å². The van der Waals surface area contributed by atoms with Gasteiger partial charge in [0.25, 0.3) is 0 Å². The maximum absolute atomic E-state index is 11.4. The zero-order chi connectivity index (χ0) is 10.1. The van der Waals surface area contributed by atoms with Gasteiger partial charge in [0.05, 0.1) is 0 Å². The Balaban J connectivity index is 0.00000112. The molecule has 2 unspecified atom stereocenters. The number of hydrogen-bond acceptors (Lipinski definition) is 2. The lowest BCUT2D eigenvalue weighted by molar-refractivity contribution is -0.121. The molecule has 2 saturated heterocycles. The highest BCUT2D eigenvalue weighted by Crippen LogP contribution is 2.26. The summed E-state index contributed by atoms with van der Waals surface area (Å²) in [6.45, 7) is 6.68. The fourth-order valence-electron chi connectivity index (χ4n) is 2.59. The highest BCUT2D eigenvalue weighted by molar-refractivity contribution is 5.85. The number of carbonyl (C=O) groups excluding carboxylic acids is 1. The monoisotopic (exact) mass is 232 g/mol. The van der Waals surface area contributed by atoms with Crippen LogP contribution in [0.1, 0.15) is 33.1 Å². The van der Waals surface area contributed by atoms with Gasteiger partial charge in [-0.2, -0.15) is 0 Å². The van der Waals surface area contributed by atoms with Crippen molar-refractivity contribution < 1.29 is 4.79 Å². The fraction of sp³-hybridized carbons (Fsp3) is 0.909. The van der Waals surface area contributed by atoms with E-state index in [9.17, 15) is 4.79 Å². The molecule has 4 heteroatoms. The number of rotatable bonds is 1. The molecule has 1 N–H and O–H groups in total. The molecule has 2 fully saturated rings. The normalized spacial score (nSPS) is 31.8. The summed E-state index contributed by atoms with van der Waals surface area (Å²) in [5, 5.41) is 3.15. The Hall–Kier alpha value is -0.280. The van der Waals surface area contributed by atoms with E-state index in [0.29, 0.717) is 18.0 Å². The molecular weight excluding hydrogens is 212 g/mol. The van der Waals surface area contributed by atoms with Crippen molar-refractivity contribution in [2.75, 3.05) is 13.1 Å². The molecule has 0 bridgehead atoms. The lowest BCUT2D eigenvalue weighted by atomic mass is 9.99. The zero-order valence-corrected chi connectivity index (χ0v) is 10.3. The van der Waals surface area contributed by atoms with Crippen LogP contribution in [0.5, 0.6) is 0 Å². The summed E-state index contributed by atoms with van der Waals surface area (Å²) in [5.74, 6) is 0.951. The predicted octanol–water partition coefficient (Wildman–Crippen LogP) is 1.42. The van der Waals surface area contributed by atoms with E-state index >= 15 is 0 Å². The van der Waals surface area contributed by atoms with E-state index in [1.54, 1.807) is 0 Å². The minimum Gasteiger partial charge on any atom is -0.352 e. The average molecular weight is 233 g/mol. The van der Waals surface area contributed by atoms with Crippen LogP contribution in [0.3, 0.4) is 0 Å². The molecule has 2 rings (SSSR count). The van der Waals surface area contributed by atoms with Crippen molar-refractivity contribution in [2.24, 2.45) is 5.92 Å². The number of nitrogens with one attached hydrogen (secondary N) is 1. The quantitative estimate of drug-likeness (QED) is 0.742. The Morgan fingerprint density at radius 1 is 1.40 bits per heavy atom. The summed E-state index contributed by atoms with van der Waals surface area (Å²) in [6, 6.07) is 1.03. The number of halogens is 1. The summed E-state index contributed by atoms with van der Waals surface area (Å²) in [5.41, 5.74) is 0. The minimum absolute atomic E-state index is 0. The van der Waals surface area contributed by atoms with Crippen molar-refractivity contribution >= 4 is 18.3 Å². The summed E-state index contributed by atoms with van der Waals surface area (Å²) in [4.78, 5) is 13.8. The van der Waals surface area contributed by atoms with Gasteiger partial charge in [-0.05, 0) is 32.6 Å². The first kappa shape index (κ1) is 12.8. The number of carbonyl (C=O) groups is 1. The number of amides is 1. The number of hydrogen-bond donors (Lipinski definition) is 1. The van der Waals surface area contributed by atoms with Crippen molar-refractivity contribution in [2.45, 2.75) is 45.2 Å². The summed E-state index contributed by atoms with van der Waals surface area (Å²) in [7, 11) is 0. The molecular formula is C11H21ClN2O. The van der Waals surface area contributed by atoms with E-state index in [0.717, 1.165) is 19.4 Å². The van der Waals surface area contributed by atoms with Gasteiger partial charge in [0.2, 0.25) is 5.91 Å². The molecule has 0 aromatic rings. The molecule has 2 aliphatic heterocycles. The van der Waals surface area contributed by atoms with Crippen molar-refractivity contribution in [3.63, 3.8) is 0 Å². The van der Waals surface area contributed by atoms with E-state index in [1.807, 2.05) is 0 Å². The Bertz CT molecular complexity index is 233. The van der Waals surface area contributed by atoms with Crippen molar-refractivity contribution in [1.29, 1.82) is 0 Å². The molecule has 0 radical (unpaired) electrons. The van der Waals surface area contributed by atoms with Gasteiger partial charge in [-0.3, -0.25) is 9.69 Å². The Morgan fingerprint density at radius 3 is 2.80 bits per heavy atom. The topological polar surface area (TPSA) is 32.3 Å². The zero-order valence-electron chi connectivity index (χ0n) is 9.53. The van der Waals surface area contributed by atoms with Crippen LogP contribution in [0.25, 0.3) is 0 Å². The van der Waals surface area contributed by atoms with Crippen LogP contribution in [-0.2, 0) is 4.79 Å². The molecule has 15 heavy (non-hydrogen) atoms. The van der Waals surface area contributed by atoms with E-state index in [4.69, 9.17) is 0 Å². The number of likely N-dealkylation sites (tertiary alicyclic amines) is 1. The van der Waals surface area contributed by atoms with Crippen LogP contribution in [-0.4, -0.2) is 36.0 Å². The first-order valence-electron chi connectivity index (χ1n) is 5.70. The van der Waals surface area contributed by atoms with Crippen LogP contribution in [0.15, 0.2) is 0 Å². The Kier molecular flexibility index (Phi) is 4.41. The van der Waals surface area contributed by atoms with Gasteiger partial charge in [-0.25, -0.2) is 0 Å². The highest BCUT2D eigenvalue weighted by Gasteiger charge is 2.35. The average Bonchev–Trinajstić information content (AvgIpc) is 2.42. The summed E-state index contributed by atoms with van der Waals surface area (Å²) in [6.07, 6.45) is 3.01. The van der Waals surface area contributed by atoms with Crippen LogP contribution >= 0.6 is 12.4 Å². The lowest BCUT2D eigenvalue weighted by Crippen LogP contribution is -2.39. The van der Waals surface area contributed by atoms with Gasteiger partial charge in [0.1, 0.15) is 0 Å². The van der Waals surface area contributed by atoms with Crippen molar-refractivity contribution in [1.82, 2.24) is 10.2 Å². The van der Waals surface area contributed by atoms with Crippen LogP contribution in [0, 0.1) is 5.92 Å². The second-order valence-corrected chi connectivity index (χ2v) is 4.87. The molecule has 0 aromatic carbocycles. The Labute approximate surface area is 98.0 Å². The lowest BCUT2D eigenvalue weighted by Gasteiger charge is -2.20. The highest BCUT2D eigenvalue weighted by atomic mass is 35.5. The second kappa shape index (κ2) is 5.17. The van der Waals surface area contributed by atoms with Crippen molar-refractivity contribution in [3.05, 3.63) is 0 Å². The van der Waals surface area contributed by atoms with Gasteiger partial charge >= 0.3 is 0 Å². The molecule has 1 amide bonds. The smallest absolute Gasteiger partial charge is 0.220 e. The molecule has 2 aliphatic rings. The predicted molar refractivity (Wildman–Crippen MR) is 63.2 cm³/mol.